The van der Waals surface area contributed by atoms with Crippen molar-refractivity contribution in [2.75, 3.05) is 19.5 Å². The first-order valence-corrected chi connectivity index (χ1v) is 9.38. The Hall–Kier alpha value is -3.20. The molecule has 0 aliphatic heterocycles. The smallest absolute Gasteiger partial charge is 0.387 e. The molecule has 3 rings (SSSR count). The largest absolute Gasteiger partial charge is 0.493 e. The Balaban J connectivity index is 1.63. The number of hydrogen-bond donors (Lipinski definition) is 1. The summed E-state index contributed by atoms with van der Waals surface area (Å²) >= 11 is 1.42. The number of halogens is 2. The summed E-state index contributed by atoms with van der Waals surface area (Å²) in [5.74, 6) is 0.977. The van der Waals surface area contributed by atoms with E-state index in [0.29, 0.717) is 22.9 Å². The lowest BCUT2D eigenvalue weighted by atomic mass is 10.2. The van der Waals surface area contributed by atoms with Gasteiger partial charge >= 0.3 is 6.61 Å². The van der Waals surface area contributed by atoms with Crippen LogP contribution >= 0.6 is 11.3 Å². The molecule has 0 bridgehead atoms. The van der Waals surface area contributed by atoms with Gasteiger partial charge in [-0.3, -0.25) is 4.79 Å². The third kappa shape index (κ3) is 5.41. The number of nitrogens with one attached hydrogen (secondary N) is 1. The lowest BCUT2D eigenvalue weighted by molar-refractivity contribution is -0.115. The number of ether oxygens (including phenoxy) is 3. The lowest BCUT2D eigenvalue weighted by Crippen LogP contribution is -2.14. The first kappa shape index (κ1) is 20.5. The fourth-order valence-corrected chi connectivity index (χ4v) is 3.40. The molecule has 1 aromatic heterocycles. The van der Waals surface area contributed by atoms with E-state index in [1.807, 2.05) is 17.5 Å². The molecule has 0 radical (unpaired) electrons. The maximum absolute atomic E-state index is 12.2. The Morgan fingerprint density at radius 3 is 2.48 bits per heavy atom. The van der Waals surface area contributed by atoms with Gasteiger partial charge in [0.05, 0.1) is 26.3 Å². The van der Waals surface area contributed by atoms with Crippen molar-refractivity contribution in [2.24, 2.45) is 0 Å². The minimum absolute atomic E-state index is 0.0251. The summed E-state index contributed by atoms with van der Waals surface area (Å²) in [6, 6.07) is 11.2. The molecule has 29 heavy (non-hydrogen) atoms. The minimum atomic E-state index is -2.89. The Morgan fingerprint density at radius 1 is 1.10 bits per heavy atom. The quantitative estimate of drug-likeness (QED) is 0.576. The van der Waals surface area contributed by atoms with Gasteiger partial charge in [0.2, 0.25) is 5.91 Å². The van der Waals surface area contributed by atoms with Crippen molar-refractivity contribution in [3.63, 3.8) is 0 Å². The van der Waals surface area contributed by atoms with Crippen molar-refractivity contribution < 1.29 is 27.8 Å². The monoisotopic (exact) mass is 420 g/mol. The zero-order valence-corrected chi connectivity index (χ0v) is 16.5. The number of benzene rings is 2. The summed E-state index contributed by atoms with van der Waals surface area (Å²) in [7, 11) is 3.13. The van der Waals surface area contributed by atoms with Gasteiger partial charge in [-0.05, 0) is 42.5 Å². The summed E-state index contributed by atoms with van der Waals surface area (Å²) in [4.78, 5) is 16.7. The highest BCUT2D eigenvalue weighted by molar-refractivity contribution is 7.13. The van der Waals surface area contributed by atoms with Crippen LogP contribution in [0, 0.1) is 0 Å². The minimum Gasteiger partial charge on any atom is -0.493 e. The maximum atomic E-state index is 12.2. The van der Waals surface area contributed by atoms with Crippen LogP contribution in [0.1, 0.15) is 5.69 Å². The van der Waals surface area contributed by atoms with Gasteiger partial charge in [-0.2, -0.15) is 8.78 Å². The van der Waals surface area contributed by atoms with E-state index in [4.69, 9.17) is 9.47 Å². The predicted octanol–water partition coefficient (Wildman–Crippen LogP) is 4.61. The predicted molar refractivity (Wildman–Crippen MR) is 106 cm³/mol. The number of methoxy groups -OCH3 is 2. The number of amides is 1. The van der Waals surface area contributed by atoms with Gasteiger partial charge in [-0.15, -0.1) is 11.3 Å². The van der Waals surface area contributed by atoms with E-state index >= 15 is 0 Å². The van der Waals surface area contributed by atoms with Gasteiger partial charge in [0, 0.05) is 16.6 Å². The first-order valence-electron chi connectivity index (χ1n) is 8.50. The topological polar surface area (TPSA) is 69.7 Å². The normalized spacial score (nSPS) is 10.7. The molecule has 2 aromatic carbocycles. The molecule has 9 heteroatoms. The third-order valence-electron chi connectivity index (χ3n) is 3.89. The Bertz CT molecular complexity index is 977. The van der Waals surface area contributed by atoms with Crippen molar-refractivity contribution in [3.05, 3.63) is 53.5 Å². The second kappa shape index (κ2) is 9.33. The SMILES string of the molecule is COc1ccc(-c2nc(CC(=O)Nc3ccc(OC(F)F)cc3)cs2)cc1OC. The van der Waals surface area contributed by atoms with Crippen LogP contribution in [0.2, 0.25) is 0 Å². The van der Waals surface area contributed by atoms with Gasteiger partial charge in [0.15, 0.2) is 11.5 Å². The van der Waals surface area contributed by atoms with Crippen molar-refractivity contribution in [3.8, 4) is 27.8 Å². The summed E-state index contributed by atoms with van der Waals surface area (Å²) < 4.78 is 39.1. The van der Waals surface area contributed by atoms with Gasteiger partial charge in [-0.25, -0.2) is 4.98 Å². The zero-order valence-electron chi connectivity index (χ0n) is 15.6. The molecule has 1 heterocycles. The molecule has 152 valence electrons. The van der Waals surface area contributed by atoms with Gasteiger partial charge in [0.1, 0.15) is 10.8 Å². The number of hydrogen-bond acceptors (Lipinski definition) is 6. The van der Waals surface area contributed by atoms with Crippen molar-refractivity contribution in [1.82, 2.24) is 4.98 Å². The van der Waals surface area contributed by atoms with Crippen molar-refractivity contribution >= 4 is 22.9 Å². The molecule has 1 amide bonds. The highest BCUT2D eigenvalue weighted by Crippen LogP contribution is 2.33. The van der Waals surface area contributed by atoms with Gasteiger partial charge in [0.25, 0.3) is 0 Å². The Labute approximate surface area is 170 Å². The number of thiazole rings is 1. The fourth-order valence-electron chi connectivity index (χ4n) is 2.58. The van der Waals surface area contributed by atoms with E-state index in [1.165, 1.54) is 35.6 Å². The lowest BCUT2D eigenvalue weighted by Gasteiger charge is -2.08. The zero-order chi connectivity index (χ0) is 20.8. The molecule has 0 atom stereocenters. The van der Waals surface area contributed by atoms with Crippen LogP contribution in [0.3, 0.4) is 0 Å². The van der Waals surface area contributed by atoms with E-state index < -0.39 is 6.61 Å². The number of alkyl halides is 2. The van der Waals surface area contributed by atoms with E-state index in [9.17, 15) is 13.6 Å². The number of rotatable bonds is 8. The second-order valence-corrected chi connectivity index (χ2v) is 6.70. The molecule has 0 unspecified atom stereocenters. The van der Waals surface area contributed by atoms with Crippen LogP contribution in [-0.2, 0) is 11.2 Å². The summed E-state index contributed by atoms with van der Waals surface area (Å²) in [5.41, 5.74) is 1.95. The standard InChI is InChI=1S/C20H18F2N2O4S/c1-26-16-8-3-12(9-17(16)27-2)19-24-14(11-29-19)10-18(25)23-13-4-6-15(7-5-13)28-20(21)22/h3-9,11,20H,10H2,1-2H3,(H,23,25). The van der Waals surface area contributed by atoms with Crippen LogP contribution in [0.4, 0.5) is 14.5 Å². The molecule has 0 spiro atoms. The van der Waals surface area contributed by atoms with E-state index in [0.717, 1.165) is 10.6 Å². The molecule has 1 N–H and O–H groups in total. The highest BCUT2D eigenvalue weighted by Gasteiger charge is 2.12. The molecule has 0 aliphatic carbocycles. The van der Waals surface area contributed by atoms with E-state index in [2.05, 4.69) is 15.0 Å². The number of carbonyl (C=O) groups excluding carboxylic acids is 1. The van der Waals surface area contributed by atoms with Crippen LogP contribution in [0.5, 0.6) is 17.2 Å². The van der Waals surface area contributed by atoms with Crippen LogP contribution < -0.4 is 19.5 Å². The molecular weight excluding hydrogens is 402 g/mol. The highest BCUT2D eigenvalue weighted by atomic mass is 32.1. The molecule has 0 saturated heterocycles. The Morgan fingerprint density at radius 2 is 1.83 bits per heavy atom. The Kier molecular flexibility index (Phi) is 6.61. The molecule has 0 aliphatic rings. The van der Waals surface area contributed by atoms with Gasteiger partial charge in [-0.1, -0.05) is 0 Å². The number of aromatic nitrogens is 1. The summed E-state index contributed by atoms with van der Waals surface area (Å²) in [6.45, 7) is -2.89. The second-order valence-electron chi connectivity index (χ2n) is 5.84. The molecular formula is C20H18F2N2O4S. The van der Waals surface area contributed by atoms with Crippen LogP contribution in [0.15, 0.2) is 47.8 Å². The molecule has 0 fully saturated rings. The van der Waals surface area contributed by atoms with Crippen molar-refractivity contribution in [2.45, 2.75) is 13.0 Å². The van der Waals surface area contributed by atoms with Crippen LogP contribution in [0.25, 0.3) is 10.6 Å². The van der Waals surface area contributed by atoms with Gasteiger partial charge < -0.3 is 19.5 Å². The number of anilines is 1. The summed E-state index contributed by atoms with van der Waals surface area (Å²) in [5, 5.41) is 5.26. The number of nitrogens with zero attached hydrogens (tertiary/aromatic N) is 1. The van der Waals surface area contributed by atoms with E-state index in [-0.39, 0.29) is 18.1 Å². The fraction of sp³-hybridized carbons (Fsp3) is 0.200. The maximum Gasteiger partial charge on any atom is 0.387 e. The average Bonchev–Trinajstić information content (AvgIpc) is 3.16. The molecule has 0 saturated carbocycles. The molecule has 3 aromatic rings. The summed E-state index contributed by atoms with van der Waals surface area (Å²) in [6.07, 6.45) is 0.0824. The van der Waals surface area contributed by atoms with E-state index in [1.54, 1.807) is 20.3 Å². The average molecular weight is 420 g/mol. The number of carbonyl (C=O) groups is 1. The molecule has 6 nitrogen and oxygen atoms in total. The first-order chi connectivity index (χ1) is 14.0. The third-order valence-corrected chi connectivity index (χ3v) is 4.83. The van der Waals surface area contributed by atoms with Crippen molar-refractivity contribution in [1.29, 1.82) is 0 Å². The van der Waals surface area contributed by atoms with Crippen LogP contribution in [-0.4, -0.2) is 31.7 Å².